The van der Waals surface area contributed by atoms with E-state index >= 15 is 0 Å². The Kier molecular flexibility index (Phi) is 4.55. The van der Waals surface area contributed by atoms with E-state index < -0.39 is 0 Å². The molecule has 1 aromatic heterocycles. The normalized spacial score (nSPS) is 24.3. The van der Waals surface area contributed by atoms with Gasteiger partial charge in [-0.3, -0.25) is 14.4 Å². The second-order valence-electron chi connectivity index (χ2n) is 6.03. The third kappa shape index (κ3) is 3.63. The van der Waals surface area contributed by atoms with E-state index in [1.165, 1.54) is 12.8 Å². The summed E-state index contributed by atoms with van der Waals surface area (Å²) in [6.45, 7) is 2.94. The van der Waals surface area contributed by atoms with E-state index in [1.54, 1.807) is 6.20 Å². The van der Waals surface area contributed by atoms with Crippen LogP contribution in [0.3, 0.4) is 0 Å². The molecular formula is C15H24N4O2. The van der Waals surface area contributed by atoms with Crippen LogP contribution in [0.2, 0.25) is 0 Å². The second kappa shape index (κ2) is 6.58. The van der Waals surface area contributed by atoms with E-state index in [1.807, 2.05) is 17.8 Å². The third-order valence-corrected chi connectivity index (χ3v) is 4.45. The van der Waals surface area contributed by atoms with Gasteiger partial charge in [0.15, 0.2) is 0 Å². The van der Waals surface area contributed by atoms with Crippen LogP contribution >= 0.6 is 0 Å². The Bertz CT molecular complexity index is 482. The van der Waals surface area contributed by atoms with Crippen LogP contribution in [0.15, 0.2) is 12.3 Å². The topological polar surface area (TPSA) is 59.4 Å². The monoisotopic (exact) mass is 292 g/mol. The maximum atomic E-state index is 12.3. The first-order valence-corrected chi connectivity index (χ1v) is 7.83. The summed E-state index contributed by atoms with van der Waals surface area (Å²) >= 11 is 0. The molecule has 1 atom stereocenters. The fraction of sp³-hybridized carbons (Fsp3) is 0.733. The summed E-state index contributed by atoms with van der Waals surface area (Å²) in [5.41, 5.74) is 1.16. The van der Waals surface area contributed by atoms with Crippen molar-refractivity contribution in [2.75, 3.05) is 19.7 Å². The molecule has 3 rings (SSSR count). The summed E-state index contributed by atoms with van der Waals surface area (Å²) in [7, 11) is 1.94. The Morgan fingerprint density at radius 2 is 2.29 bits per heavy atom. The quantitative estimate of drug-likeness (QED) is 0.886. The summed E-state index contributed by atoms with van der Waals surface area (Å²) in [4.78, 5) is 14.6. The number of ether oxygens (including phenoxy) is 1. The fourth-order valence-corrected chi connectivity index (χ4v) is 3.15. The molecule has 2 fully saturated rings. The summed E-state index contributed by atoms with van der Waals surface area (Å²) in [5.74, 6) is 0.0524. The van der Waals surface area contributed by atoms with Gasteiger partial charge >= 0.3 is 0 Å². The molecule has 1 saturated heterocycles. The van der Waals surface area contributed by atoms with Gasteiger partial charge in [0.05, 0.1) is 12.3 Å². The van der Waals surface area contributed by atoms with Crippen molar-refractivity contribution in [2.24, 2.45) is 7.05 Å². The molecular weight excluding hydrogens is 268 g/mol. The fourth-order valence-electron chi connectivity index (χ4n) is 3.15. The van der Waals surface area contributed by atoms with Crippen molar-refractivity contribution in [1.29, 1.82) is 0 Å². The highest BCUT2D eigenvalue weighted by atomic mass is 16.5. The summed E-state index contributed by atoms with van der Waals surface area (Å²) in [5, 5.41) is 7.32. The molecule has 0 bridgehead atoms. The van der Waals surface area contributed by atoms with Crippen LogP contribution in [-0.2, 0) is 23.1 Å². The molecule has 1 saturated carbocycles. The Hall–Kier alpha value is -1.40. The molecule has 0 unspecified atom stereocenters. The van der Waals surface area contributed by atoms with Gasteiger partial charge in [-0.05, 0) is 18.9 Å². The summed E-state index contributed by atoms with van der Waals surface area (Å²) < 4.78 is 7.53. The number of morpholine rings is 1. The van der Waals surface area contributed by atoms with Crippen molar-refractivity contribution in [3.63, 3.8) is 0 Å². The van der Waals surface area contributed by atoms with Crippen LogP contribution in [0.5, 0.6) is 0 Å². The van der Waals surface area contributed by atoms with Gasteiger partial charge in [0.1, 0.15) is 6.10 Å². The molecule has 0 spiro atoms. The number of aryl methyl sites for hydroxylation is 1. The molecule has 1 aromatic rings. The lowest BCUT2D eigenvalue weighted by Gasteiger charge is -2.32. The number of aromatic nitrogens is 2. The maximum Gasteiger partial charge on any atom is 0.250 e. The number of nitrogens with one attached hydrogen (secondary N) is 1. The van der Waals surface area contributed by atoms with Gasteiger partial charge in [-0.1, -0.05) is 12.8 Å². The zero-order chi connectivity index (χ0) is 14.7. The van der Waals surface area contributed by atoms with Gasteiger partial charge in [-0.2, -0.15) is 5.10 Å². The molecule has 1 aliphatic carbocycles. The lowest BCUT2D eigenvalue weighted by Crippen LogP contribution is -2.51. The van der Waals surface area contributed by atoms with Crippen molar-refractivity contribution in [1.82, 2.24) is 20.0 Å². The highest BCUT2D eigenvalue weighted by Gasteiger charge is 2.29. The Morgan fingerprint density at radius 1 is 1.48 bits per heavy atom. The average Bonchev–Trinajstić information content (AvgIpc) is 3.12. The molecule has 1 aliphatic heterocycles. The van der Waals surface area contributed by atoms with Crippen LogP contribution in [-0.4, -0.2) is 52.4 Å². The van der Waals surface area contributed by atoms with E-state index in [-0.39, 0.29) is 12.0 Å². The smallest absolute Gasteiger partial charge is 0.250 e. The molecule has 6 heteroatoms. The Morgan fingerprint density at radius 3 is 3.00 bits per heavy atom. The van der Waals surface area contributed by atoms with E-state index in [2.05, 4.69) is 15.3 Å². The average molecular weight is 292 g/mol. The van der Waals surface area contributed by atoms with Gasteiger partial charge in [-0.15, -0.1) is 0 Å². The highest BCUT2D eigenvalue weighted by Crippen LogP contribution is 2.18. The van der Waals surface area contributed by atoms with Crippen molar-refractivity contribution in [3.8, 4) is 0 Å². The molecule has 116 valence electrons. The van der Waals surface area contributed by atoms with E-state index in [0.29, 0.717) is 19.2 Å². The third-order valence-electron chi connectivity index (χ3n) is 4.45. The predicted octanol–water partition coefficient (Wildman–Crippen LogP) is 0.680. The Balaban J connectivity index is 1.52. The minimum Gasteiger partial charge on any atom is -0.366 e. The molecule has 2 heterocycles. The van der Waals surface area contributed by atoms with Gasteiger partial charge in [0.25, 0.3) is 5.91 Å². The maximum absolute atomic E-state index is 12.3. The summed E-state index contributed by atoms with van der Waals surface area (Å²) in [6, 6.07) is 2.37. The van der Waals surface area contributed by atoms with Crippen LogP contribution in [0, 0.1) is 0 Å². The largest absolute Gasteiger partial charge is 0.366 e. The zero-order valence-electron chi connectivity index (χ0n) is 12.6. The number of carbonyl (C=O) groups excluding carboxylic acids is 1. The van der Waals surface area contributed by atoms with Gasteiger partial charge in [0, 0.05) is 38.9 Å². The number of amides is 1. The number of hydrogen-bond donors (Lipinski definition) is 1. The van der Waals surface area contributed by atoms with Crippen LogP contribution in [0.1, 0.15) is 31.4 Å². The minimum atomic E-state index is -0.340. The number of nitrogens with zero attached hydrogens (tertiary/aromatic N) is 3. The van der Waals surface area contributed by atoms with E-state index in [4.69, 9.17) is 4.74 Å². The van der Waals surface area contributed by atoms with Gasteiger partial charge in [0.2, 0.25) is 0 Å². The second-order valence-corrected chi connectivity index (χ2v) is 6.03. The zero-order valence-corrected chi connectivity index (χ0v) is 12.6. The number of hydrogen-bond acceptors (Lipinski definition) is 4. The number of rotatable bonds is 4. The Labute approximate surface area is 125 Å². The molecule has 0 aromatic carbocycles. The summed E-state index contributed by atoms with van der Waals surface area (Å²) in [6.07, 6.45) is 6.13. The lowest BCUT2D eigenvalue weighted by molar-refractivity contribution is -0.139. The van der Waals surface area contributed by atoms with Crippen molar-refractivity contribution in [3.05, 3.63) is 18.0 Å². The molecule has 21 heavy (non-hydrogen) atoms. The first-order chi connectivity index (χ1) is 10.2. The standard InChI is InChI=1S/C15H24N4O2/c1-18-13(6-7-16-18)10-19-8-9-21-14(11-19)15(20)17-12-4-2-3-5-12/h6-7,12,14H,2-5,8-11H2,1H3,(H,17,20)/t14-/m1/s1. The highest BCUT2D eigenvalue weighted by molar-refractivity contribution is 5.81. The predicted molar refractivity (Wildman–Crippen MR) is 78.6 cm³/mol. The SMILES string of the molecule is Cn1nccc1CN1CCO[C@@H](C(=O)NC2CCCC2)C1. The minimum absolute atomic E-state index is 0.0524. The molecule has 1 N–H and O–H groups in total. The van der Waals surface area contributed by atoms with Crippen molar-refractivity contribution in [2.45, 2.75) is 44.4 Å². The first kappa shape index (κ1) is 14.5. The van der Waals surface area contributed by atoms with E-state index in [0.717, 1.165) is 31.6 Å². The lowest BCUT2D eigenvalue weighted by atomic mass is 10.2. The van der Waals surface area contributed by atoms with Gasteiger partial charge < -0.3 is 10.1 Å². The van der Waals surface area contributed by atoms with Crippen molar-refractivity contribution < 1.29 is 9.53 Å². The molecule has 6 nitrogen and oxygen atoms in total. The van der Waals surface area contributed by atoms with Crippen molar-refractivity contribution >= 4 is 5.91 Å². The first-order valence-electron chi connectivity index (χ1n) is 7.83. The van der Waals surface area contributed by atoms with Crippen LogP contribution in [0.25, 0.3) is 0 Å². The van der Waals surface area contributed by atoms with Gasteiger partial charge in [-0.25, -0.2) is 0 Å². The molecule has 2 aliphatic rings. The van der Waals surface area contributed by atoms with E-state index in [9.17, 15) is 4.79 Å². The molecule has 0 radical (unpaired) electrons. The van der Waals surface area contributed by atoms with Crippen LogP contribution in [0.4, 0.5) is 0 Å². The molecule has 1 amide bonds. The van der Waals surface area contributed by atoms with Crippen LogP contribution < -0.4 is 5.32 Å². The number of carbonyl (C=O) groups is 1.